The number of hydrogen-bond donors (Lipinski definition) is 0. The van der Waals surface area contributed by atoms with Gasteiger partial charge in [-0.05, 0) is 44.4 Å². The Balaban J connectivity index is 1.92. The van der Waals surface area contributed by atoms with Crippen molar-refractivity contribution in [2.24, 2.45) is 0 Å². The summed E-state index contributed by atoms with van der Waals surface area (Å²) in [6.45, 7) is 2.70. The third kappa shape index (κ3) is 3.69. The molecule has 1 aromatic carbocycles. The van der Waals surface area contributed by atoms with Gasteiger partial charge in [-0.2, -0.15) is 0 Å². The maximum atomic E-state index is 13.5. The van der Waals surface area contributed by atoms with Crippen molar-refractivity contribution in [2.75, 3.05) is 13.2 Å². The monoisotopic (exact) mass is 329 g/mol. The van der Waals surface area contributed by atoms with Crippen molar-refractivity contribution < 1.29 is 13.9 Å². The van der Waals surface area contributed by atoms with Gasteiger partial charge in [0.2, 0.25) is 0 Å². The summed E-state index contributed by atoms with van der Waals surface area (Å²) >= 11 is 3.18. The zero-order chi connectivity index (χ0) is 13.8. The fourth-order valence-corrected chi connectivity index (χ4v) is 2.62. The van der Waals surface area contributed by atoms with Crippen LogP contribution in [-0.2, 0) is 4.79 Å². The normalized spacial score (nSPS) is 19.3. The SMILES string of the molecule is CC1CCCCN1C(=O)COc1ccc(Br)cc1F. The molecule has 1 unspecified atom stereocenters. The standard InChI is InChI=1S/C14H17BrFNO2/c1-10-4-2-3-7-17(10)14(18)9-19-13-6-5-11(15)8-12(13)16/h5-6,8,10H,2-4,7,9H2,1H3. The third-order valence-corrected chi connectivity index (χ3v) is 3.86. The topological polar surface area (TPSA) is 29.5 Å². The third-order valence-electron chi connectivity index (χ3n) is 3.37. The number of carbonyl (C=O) groups excluding carboxylic acids is 1. The molecule has 0 aromatic heterocycles. The van der Waals surface area contributed by atoms with E-state index in [-0.39, 0.29) is 24.3 Å². The predicted octanol–water partition coefficient (Wildman–Crippen LogP) is 3.37. The molecule has 1 aliphatic heterocycles. The van der Waals surface area contributed by atoms with Gasteiger partial charge in [0.15, 0.2) is 18.2 Å². The molecule has 0 bridgehead atoms. The van der Waals surface area contributed by atoms with Crippen molar-refractivity contribution >= 4 is 21.8 Å². The summed E-state index contributed by atoms with van der Waals surface area (Å²) in [4.78, 5) is 13.8. The Morgan fingerprint density at radius 1 is 1.53 bits per heavy atom. The van der Waals surface area contributed by atoms with Crippen molar-refractivity contribution in [3.63, 3.8) is 0 Å². The summed E-state index contributed by atoms with van der Waals surface area (Å²) < 4.78 is 19.5. The molecule has 1 fully saturated rings. The van der Waals surface area contributed by atoms with Crippen LogP contribution in [0.3, 0.4) is 0 Å². The molecule has 104 valence electrons. The highest BCUT2D eigenvalue weighted by atomic mass is 79.9. The molecule has 1 aliphatic rings. The zero-order valence-electron chi connectivity index (χ0n) is 10.9. The number of amides is 1. The molecule has 0 radical (unpaired) electrons. The summed E-state index contributed by atoms with van der Waals surface area (Å²) in [7, 11) is 0. The van der Waals surface area contributed by atoms with Crippen LogP contribution in [0.4, 0.5) is 4.39 Å². The second-order valence-corrected chi connectivity index (χ2v) is 5.71. The van der Waals surface area contributed by atoms with E-state index in [2.05, 4.69) is 15.9 Å². The Labute approximate surface area is 120 Å². The number of rotatable bonds is 3. The Hall–Kier alpha value is -1.10. The molecule has 1 heterocycles. The lowest BCUT2D eigenvalue weighted by Crippen LogP contribution is -2.44. The molecule has 0 spiro atoms. The van der Waals surface area contributed by atoms with E-state index >= 15 is 0 Å². The lowest BCUT2D eigenvalue weighted by Gasteiger charge is -2.33. The smallest absolute Gasteiger partial charge is 0.260 e. The van der Waals surface area contributed by atoms with Crippen LogP contribution in [0.2, 0.25) is 0 Å². The number of likely N-dealkylation sites (tertiary alicyclic amines) is 1. The number of carbonyl (C=O) groups is 1. The minimum Gasteiger partial charge on any atom is -0.481 e. The van der Waals surface area contributed by atoms with Gasteiger partial charge >= 0.3 is 0 Å². The molecule has 19 heavy (non-hydrogen) atoms. The number of hydrogen-bond acceptors (Lipinski definition) is 2. The first kappa shape index (κ1) is 14.3. The highest BCUT2D eigenvalue weighted by molar-refractivity contribution is 9.10. The molecule has 3 nitrogen and oxygen atoms in total. The number of piperidine rings is 1. The lowest BCUT2D eigenvalue weighted by atomic mass is 10.0. The molecule has 1 saturated heterocycles. The Bertz CT molecular complexity index is 467. The van der Waals surface area contributed by atoms with Crippen LogP contribution in [0.1, 0.15) is 26.2 Å². The van der Waals surface area contributed by atoms with Gasteiger partial charge in [-0.15, -0.1) is 0 Å². The zero-order valence-corrected chi connectivity index (χ0v) is 12.5. The molecule has 1 atom stereocenters. The number of nitrogens with zero attached hydrogens (tertiary/aromatic N) is 1. The van der Waals surface area contributed by atoms with Gasteiger partial charge in [0.1, 0.15) is 0 Å². The Morgan fingerprint density at radius 3 is 3.00 bits per heavy atom. The fourth-order valence-electron chi connectivity index (χ4n) is 2.28. The van der Waals surface area contributed by atoms with Gasteiger partial charge in [0.05, 0.1) is 0 Å². The van der Waals surface area contributed by atoms with Gasteiger partial charge < -0.3 is 9.64 Å². The number of ether oxygens (including phenoxy) is 1. The summed E-state index contributed by atoms with van der Waals surface area (Å²) in [6.07, 6.45) is 3.22. The maximum Gasteiger partial charge on any atom is 0.260 e. The molecule has 0 N–H and O–H groups in total. The summed E-state index contributed by atoms with van der Waals surface area (Å²) in [5, 5.41) is 0. The van der Waals surface area contributed by atoms with E-state index in [0.717, 1.165) is 25.8 Å². The van der Waals surface area contributed by atoms with Crippen LogP contribution in [0.5, 0.6) is 5.75 Å². The molecule has 1 aromatic rings. The predicted molar refractivity (Wildman–Crippen MR) is 74.6 cm³/mol. The van der Waals surface area contributed by atoms with Gasteiger partial charge in [0, 0.05) is 17.1 Å². The molecule has 0 aliphatic carbocycles. The average Bonchev–Trinajstić information content (AvgIpc) is 2.38. The van der Waals surface area contributed by atoms with Crippen LogP contribution in [0, 0.1) is 5.82 Å². The van der Waals surface area contributed by atoms with E-state index in [1.54, 1.807) is 6.07 Å². The Morgan fingerprint density at radius 2 is 2.32 bits per heavy atom. The highest BCUT2D eigenvalue weighted by Gasteiger charge is 2.23. The van der Waals surface area contributed by atoms with E-state index in [0.29, 0.717) is 4.47 Å². The lowest BCUT2D eigenvalue weighted by molar-refractivity contribution is -0.136. The van der Waals surface area contributed by atoms with Crippen molar-refractivity contribution in [1.82, 2.24) is 4.90 Å². The first-order valence-corrected chi connectivity index (χ1v) is 7.24. The highest BCUT2D eigenvalue weighted by Crippen LogP contribution is 2.22. The fraction of sp³-hybridized carbons (Fsp3) is 0.500. The molecule has 2 rings (SSSR count). The molecule has 1 amide bonds. The second-order valence-electron chi connectivity index (χ2n) is 4.80. The molecule has 0 saturated carbocycles. The maximum absolute atomic E-state index is 13.5. The van der Waals surface area contributed by atoms with Crippen molar-refractivity contribution in [1.29, 1.82) is 0 Å². The van der Waals surface area contributed by atoms with E-state index < -0.39 is 5.82 Å². The summed E-state index contributed by atoms with van der Waals surface area (Å²) in [5.41, 5.74) is 0. The van der Waals surface area contributed by atoms with Gasteiger partial charge in [-0.25, -0.2) is 4.39 Å². The molecular formula is C14H17BrFNO2. The van der Waals surface area contributed by atoms with Crippen molar-refractivity contribution in [3.05, 3.63) is 28.5 Å². The van der Waals surface area contributed by atoms with Gasteiger partial charge in [-0.1, -0.05) is 15.9 Å². The van der Waals surface area contributed by atoms with E-state index in [4.69, 9.17) is 4.74 Å². The van der Waals surface area contributed by atoms with Gasteiger partial charge in [-0.3, -0.25) is 4.79 Å². The van der Waals surface area contributed by atoms with Crippen LogP contribution < -0.4 is 4.74 Å². The van der Waals surface area contributed by atoms with Crippen LogP contribution in [0.25, 0.3) is 0 Å². The van der Waals surface area contributed by atoms with Crippen LogP contribution in [0.15, 0.2) is 22.7 Å². The second kappa shape index (κ2) is 6.37. The first-order valence-electron chi connectivity index (χ1n) is 6.45. The van der Waals surface area contributed by atoms with Crippen molar-refractivity contribution in [2.45, 2.75) is 32.2 Å². The Kier molecular flexibility index (Phi) is 4.80. The minimum absolute atomic E-state index is 0.0745. The van der Waals surface area contributed by atoms with E-state index in [1.807, 2.05) is 11.8 Å². The van der Waals surface area contributed by atoms with Crippen molar-refractivity contribution in [3.8, 4) is 5.75 Å². The van der Waals surface area contributed by atoms with Gasteiger partial charge in [0.25, 0.3) is 5.91 Å². The van der Waals surface area contributed by atoms with E-state index in [1.165, 1.54) is 12.1 Å². The quantitative estimate of drug-likeness (QED) is 0.850. The number of halogens is 2. The van der Waals surface area contributed by atoms with E-state index in [9.17, 15) is 9.18 Å². The number of benzene rings is 1. The first-order chi connectivity index (χ1) is 9.08. The van der Waals surface area contributed by atoms with Crippen LogP contribution in [-0.4, -0.2) is 30.0 Å². The van der Waals surface area contributed by atoms with Crippen LogP contribution >= 0.6 is 15.9 Å². The largest absolute Gasteiger partial charge is 0.481 e. The molecule has 5 heteroatoms. The average molecular weight is 330 g/mol. The summed E-state index contributed by atoms with van der Waals surface area (Å²) in [6, 6.07) is 4.78. The molecular weight excluding hydrogens is 313 g/mol. The minimum atomic E-state index is -0.464. The summed E-state index contributed by atoms with van der Waals surface area (Å²) in [5.74, 6) is -0.426.